The third kappa shape index (κ3) is 5.29. The minimum absolute atomic E-state index is 0.0775. The second-order valence-corrected chi connectivity index (χ2v) is 9.36. The van der Waals surface area contributed by atoms with Gasteiger partial charge in [-0.3, -0.25) is 24.6 Å². The Bertz CT molecular complexity index is 1380. The summed E-state index contributed by atoms with van der Waals surface area (Å²) in [6.45, 7) is 2.14. The van der Waals surface area contributed by atoms with Gasteiger partial charge in [0.2, 0.25) is 5.91 Å². The predicted octanol–water partition coefficient (Wildman–Crippen LogP) is 4.65. The molecule has 1 heterocycles. The molecule has 36 heavy (non-hydrogen) atoms. The average molecular weight is 499 g/mol. The lowest BCUT2D eigenvalue weighted by molar-refractivity contribution is -0.385. The molecule has 1 atom stereocenters. The minimum atomic E-state index is -0.743. The van der Waals surface area contributed by atoms with Gasteiger partial charge in [0.25, 0.3) is 11.6 Å². The van der Waals surface area contributed by atoms with Crippen molar-refractivity contribution in [3.63, 3.8) is 0 Å². The number of benzene rings is 3. The minimum Gasteiger partial charge on any atom is -0.347 e. The molecule has 1 fully saturated rings. The molecule has 1 N–H and O–H groups in total. The number of para-hydroxylation sites is 1. The van der Waals surface area contributed by atoms with Crippen LogP contribution >= 0.6 is 11.8 Å². The molecule has 1 saturated heterocycles. The fourth-order valence-corrected chi connectivity index (χ4v) is 5.14. The second-order valence-electron chi connectivity index (χ2n) is 8.17. The number of nitrogens with one attached hydrogen (secondary N) is 1. The number of rotatable bonds is 7. The lowest BCUT2D eigenvalue weighted by Gasteiger charge is -2.19. The van der Waals surface area contributed by atoms with Crippen LogP contribution in [0.25, 0.3) is 0 Å². The van der Waals surface area contributed by atoms with Gasteiger partial charge in [0.15, 0.2) is 0 Å². The number of carbonyl (C=O) groups is 2. The lowest BCUT2D eigenvalue weighted by Crippen LogP contribution is -2.32. The maximum atomic E-state index is 13.6. The molecule has 2 amide bonds. The monoisotopic (exact) mass is 498 g/mol. The van der Waals surface area contributed by atoms with Gasteiger partial charge in [-0.2, -0.15) is 5.26 Å². The predicted molar refractivity (Wildman–Crippen MR) is 138 cm³/mol. The molecule has 0 saturated carbocycles. The van der Waals surface area contributed by atoms with Crippen molar-refractivity contribution in [1.29, 1.82) is 5.26 Å². The Kier molecular flexibility index (Phi) is 7.47. The van der Waals surface area contributed by atoms with Crippen LogP contribution in [-0.4, -0.2) is 22.0 Å². The molecule has 0 aromatic heterocycles. The fourth-order valence-electron chi connectivity index (χ4n) is 3.84. The van der Waals surface area contributed by atoms with Crippen molar-refractivity contribution in [2.75, 3.05) is 4.90 Å². The van der Waals surface area contributed by atoms with Crippen LogP contribution in [0, 0.1) is 28.4 Å². The van der Waals surface area contributed by atoms with Crippen LogP contribution in [0.2, 0.25) is 0 Å². The van der Waals surface area contributed by atoms with Crippen molar-refractivity contribution in [2.45, 2.75) is 25.1 Å². The van der Waals surface area contributed by atoms with E-state index < -0.39 is 16.1 Å². The molecule has 1 unspecified atom stereocenters. The van der Waals surface area contributed by atoms with Crippen molar-refractivity contribution in [2.24, 2.45) is 0 Å². The van der Waals surface area contributed by atoms with E-state index in [-0.39, 0.29) is 35.2 Å². The van der Waals surface area contributed by atoms with Crippen molar-refractivity contribution in [1.82, 2.24) is 5.32 Å². The lowest BCUT2D eigenvalue weighted by atomic mass is 10.1. The average Bonchev–Trinajstić information content (AvgIpc) is 3.19. The Morgan fingerprint density at radius 3 is 2.42 bits per heavy atom. The summed E-state index contributed by atoms with van der Waals surface area (Å²) in [4.78, 5) is 39.0. The van der Waals surface area contributed by atoms with E-state index in [1.165, 1.54) is 11.0 Å². The molecular weight excluding hydrogens is 476 g/mol. The normalized spacial score (nSPS) is 16.4. The molecule has 0 radical (unpaired) electrons. The summed E-state index contributed by atoms with van der Waals surface area (Å²) in [6.07, 6.45) is 0.0802. The number of nitro benzene ring substituents is 1. The number of nitriles is 1. The van der Waals surface area contributed by atoms with E-state index in [1.54, 1.807) is 30.3 Å². The first-order chi connectivity index (χ1) is 17.4. The Morgan fingerprint density at radius 2 is 1.75 bits per heavy atom. The van der Waals surface area contributed by atoms with Crippen LogP contribution in [-0.2, 0) is 22.6 Å². The molecule has 0 aliphatic carbocycles. The maximum absolute atomic E-state index is 13.6. The highest BCUT2D eigenvalue weighted by atomic mass is 32.2. The first-order valence-corrected chi connectivity index (χ1v) is 12.0. The third-order valence-corrected chi connectivity index (χ3v) is 6.95. The van der Waals surface area contributed by atoms with E-state index in [0.717, 1.165) is 22.9 Å². The molecule has 3 aromatic carbocycles. The number of nitrogens with zero attached hydrogens (tertiary/aromatic N) is 3. The highest BCUT2D eigenvalue weighted by Crippen LogP contribution is 2.42. The molecule has 1 aliphatic heterocycles. The van der Waals surface area contributed by atoms with E-state index in [1.807, 2.05) is 55.5 Å². The third-order valence-electron chi connectivity index (χ3n) is 5.69. The van der Waals surface area contributed by atoms with Gasteiger partial charge < -0.3 is 5.32 Å². The van der Waals surface area contributed by atoms with E-state index in [4.69, 9.17) is 0 Å². The number of amides is 2. The van der Waals surface area contributed by atoms with Crippen LogP contribution in [0.5, 0.6) is 0 Å². The van der Waals surface area contributed by atoms with Crippen molar-refractivity contribution in [3.8, 4) is 6.07 Å². The summed E-state index contributed by atoms with van der Waals surface area (Å²) < 4.78 is 0. The van der Waals surface area contributed by atoms with Gasteiger partial charge >= 0.3 is 0 Å². The standard InChI is InChI=1S/C27H22N4O4S/c1-18-11-13-21(14-12-18)30-26(33)24(15-20-9-5-6-10-23(20)31(34)35)36-27(30)22(16-28)25(32)29-17-19-7-3-2-4-8-19/h2-14,24H,15,17H2,1H3,(H,29,32)/b27-22-. The van der Waals surface area contributed by atoms with E-state index in [0.29, 0.717) is 11.3 Å². The molecule has 0 spiro atoms. The zero-order valence-electron chi connectivity index (χ0n) is 19.4. The van der Waals surface area contributed by atoms with Gasteiger partial charge in [0, 0.05) is 30.3 Å². The van der Waals surface area contributed by atoms with Crippen LogP contribution in [0.4, 0.5) is 11.4 Å². The summed E-state index contributed by atoms with van der Waals surface area (Å²) >= 11 is 1.07. The summed E-state index contributed by atoms with van der Waals surface area (Å²) in [6, 6.07) is 24.7. The zero-order valence-corrected chi connectivity index (χ0v) is 20.2. The molecule has 4 rings (SSSR count). The Hall–Kier alpha value is -4.42. The van der Waals surface area contributed by atoms with Crippen LogP contribution < -0.4 is 10.2 Å². The van der Waals surface area contributed by atoms with Gasteiger partial charge in [0.1, 0.15) is 16.7 Å². The largest absolute Gasteiger partial charge is 0.347 e. The maximum Gasteiger partial charge on any atom is 0.272 e. The molecule has 0 bridgehead atoms. The summed E-state index contributed by atoms with van der Waals surface area (Å²) in [5, 5.41) is 23.6. The number of nitro groups is 1. The van der Waals surface area contributed by atoms with E-state index in [2.05, 4.69) is 5.32 Å². The molecular formula is C27H22N4O4S. The van der Waals surface area contributed by atoms with Crippen molar-refractivity contribution in [3.05, 3.63) is 116 Å². The molecule has 1 aliphatic rings. The van der Waals surface area contributed by atoms with Gasteiger partial charge in [0.05, 0.1) is 10.2 Å². The quantitative estimate of drug-likeness (QED) is 0.219. The number of carbonyl (C=O) groups excluding carboxylic acids is 2. The Labute approximate surface area is 212 Å². The van der Waals surface area contributed by atoms with Gasteiger partial charge in [-0.25, -0.2) is 0 Å². The number of hydrogen-bond acceptors (Lipinski definition) is 6. The van der Waals surface area contributed by atoms with Crippen molar-refractivity contribution < 1.29 is 14.5 Å². The summed E-state index contributed by atoms with van der Waals surface area (Å²) in [5.41, 5.74) is 2.52. The molecule has 180 valence electrons. The first-order valence-electron chi connectivity index (χ1n) is 11.1. The number of thioether (sulfide) groups is 1. The molecule has 8 nitrogen and oxygen atoms in total. The van der Waals surface area contributed by atoms with Crippen LogP contribution in [0.3, 0.4) is 0 Å². The van der Waals surface area contributed by atoms with Crippen LogP contribution in [0.15, 0.2) is 89.5 Å². The number of hydrogen-bond donors (Lipinski definition) is 1. The molecule has 9 heteroatoms. The highest BCUT2D eigenvalue weighted by molar-refractivity contribution is 8.05. The van der Waals surface area contributed by atoms with E-state index in [9.17, 15) is 25.0 Å². The van der Waals surface area contributed by atoms with Gasteiger partial charge in [-0.15, -0.1) is 0 Å². The topological polar surface area (TPSA) is 116 Å². The number of aryl methyl sites for hydroxylation is 1. The van der Waals surface area contributed by atoms with Gasteiger partial charge in [-0.05, 0) is 24.6 Å². The highest BCUT2D eigenvalue weighted by Gasteiger charge is 2.41. The SMILES string of the molecule is Cc1ccc(N2C(=O)C(Cc3ccccc3[N+](=O)[O-])S/C2=C(/C#N)C(=O)NCc2ccccc2)cc1. The van der Waals surface area contributed by atoms with Crippen LogP contribution in [0.1, 0.15) is 16.7 Å². The van der Waals surface area contributed by atoms with E-state index >= 15 is 0 Å². The Balaban J connectivity index is 1.70. The van der Waals surface area contributed by atoms with Gasteiger partial charge in [-0.1, -0.05) is 78.0 Å². The second kappa shape index (κ2) is 10.9. The fraction of sp³-hybridized carbons (Fsp3) is 0.148. The van der Waals surface area contributed by atoms with Crippen molar-refractivity contribution >= 4 is 35.0 Å². The smallest absolute Gasteiger partial charge is 0.272 e. The summed E-state index contributed by atoms with van der Waals surface area (Å²) in [5.74, 6) is -0.944. The molecule has 3 aromatic rings. The zero-order chi connectivity index (χ0) is 25.7. The summed E-state index contributed by atoms with van der Waals surface area (Å²) in [7, 11) is 0. The Morgan fingerprint density at radius 1 is 1.08 bits per heavy atom. The number of anilines is 1. The first kappa shape index (κ1) is 24.7.